The summed E-state index contributed by atoms with van der Waals surface area (Å²) in [5, 5.41) is 6.44. The lowest BCUT2D eigenvalue weighted by Crippen LogP contribution is -2.40. The lowest BCUT2D eigenvalue weighted by Gasteiger charge is -2.14. The summed E-state index contributed by atoms with van der Waals surface area (Å²) < 4.78 is 5.27. The summed E-state index contributed by atoms with van der Waals surface area (Å²) in [6.45, 7) is 7.35. The van der Waals surface area contributed by atoms with Crippen molar-refractivity contribution in [3.8, 4) is 5.75 Å². The van der Waals surface area contributed by atoms with Crippen LogP contribution in [0.2, 0.25) is 0 Å². The fourth-order valence-electron chi connectivity index (χ4n) is 1.65. The smallest absolute Gasteiger partial charge is 0.255 e. The number of rotatable bonds is 7. The Morgan fingerprint density at radius 2 is 2.19 bits per heavy atom. The quantitative estimate of drug-likeness (QED) is 0.517. The second-order valence-electron chi connectivity index (χ2n) is 4.90. The van der Waals surface area contributed by atoms with E-state index in [0.717, 1.165) is 18.1 Å². The molecule has 1 aromatic rings. The predicted molar refractivity (Wildman–Crippen MR) is 84.2 cm³/mol. The van der Waals surface area contributed by atoms with Crippen LogP contribution >= 0.6 is 0 Å². The number of aliphatic imine (C=N–C) groups is 1. The molecule has 1 amide bonds. The van der Waals surface area contributed by atoms with Crippen molar-refractivity contribution >= 4 is 11.9 Å². The summed E-state index contributed by atoms with van der Waals surface area (Å²) >= 11 is 0. The average molecular weight is 292 g/mol. The van der Waals surface area contributed by atoms with E-state index in [0.29, 0.717) is 18.3 Å². The largest absolute Gasteiger partial charge is 0.484 e. The molecule has 0 atom stereocenters. The number of primary amides is 1. The fourth-order valence-corrected chi connectivity index (χ4v) is 1.65. The Balaban J connectivity index is 2.67. The van der Waals surface area contributed by atoms with Gasteiger partial charge >= 0.3 is 0 Å². The number of carbonyl (C=O) groups is 1. The first-order valence-electron chi connectivity index (χ1n) is 7.06. The summed E-state index contributed by atoms with van der Waals surface area (Å²) in [6.07, 6.45) is 0. The van der Waals surface area contributed by atoms with Crippen LogP contribution in [0.3, 0.4) is 0 Å². The molecule has 0 aliphatic carbocycles. The van der Waals surface area contributed by atoms with Gasteiger partial charge in [0.15, 0.2) is 12.6 Å². The minimum atomic E-state index is -0.492. The van der Waals surface area contributed by atoms with Crippen LogP contribution in [0.5, 0.6) is 5.75 Å². The van der Waals surface area contributed by atoms with E-state index < -0.39 is 5.91 Å². The molecule has 1 aromatic carbocycles. The Labute approximate surface area is 125 Å². The van der Waals surface area contributed by atoms with Gasteiger partial charge in [-0.1, -0.05) is 12.1 Å². The Morgan fingerprint density at radius 1 is 1.43 bits per heavy atom. The minimum Gasteiger partial charge on any atom is -0.484 e. The normalized spacial score (nSPS) is 11.3. The summed E-state index contributed by atoms with van der Waals surface area (Å²) in [6, 6.07) is 7.77. The van der Waals surface area contributed by atoms with Gasteiger partial charge in [0.25, 0.3) is 5.91 Å². The van der Waals surface area contributed by atoms with Crippen LogP contribution in [-0.2, 0) is 11.3 Å². The number of carbonyl (C=O) groups excluding carboxylic acids is 1. The summed E-state index contributed by atoms with van der Waals surface area (Å²) in [5.41, 5.74) is 6.05. The number of nitrogens with zero attached hydrogens (tertiary/aromatic N) is 1. The topological polar surface area (TPSA) is 88.7 Å². The lowest BCUT2D eigenvalue weighted by atomic mass is 10.2. The molecule has 21 heavy (non-hydrogen) atoms. The number of hydrogen-bond donors (Lipinski definition) is 3. The zero-order valence-electron chi connectivity index (χ0n) is 12.8. The highest BCUT2D eigenvalue weighted by molar-refractivity contribution is 5.80. The van der Waals surface area contributed by atoms with Gasteiger partial charge in [-0.05, 0) is 38.5 Å². The zero-order chi connectivity index (χ0) is 15.7. The lowest BCUT2D eigenvalue weighted by molar-refractivity contribution is -0.119. The highest BCUT2D eigenvalue weighted by Gasteiger charge is 2.02. The average Bonchev–Trinajstić information content (AvgIpc) is 2.43. The SMILES string of the molecule is CCNC(=NCc1cccc(OCC(N)=O)c1)NC(C)C. The number of ether oxygens (including phenoxy) is 1. The molecule has 1 rings (SSSR count). The predicted octanol–water partition coefficient (Wildman–Crippen LogP) is 1.01. The number of benzene rings is 1. The summed E-state index contributed by atoms with van der Waals surface area (Å²) in [4.78, 5) is 15.2. The van der Waals surface area contributed by atoms with Crippen molar-refractivity contribution in [2.75, 3.05) is 13.2 Å². The van der Waals surface area contributed by atoms with E-state index in [1.807, 2.05) is 25.1 Å². The first kappa shape index (κ1) is 16.8. The van der Waals surface area contributed by atoms with Crippen molar-refractivity contribution in [1.82, 2.24) is 10.6 Å². The molecule has 0 spiro atoms. The van der Waals surface area contributed by atoms with Crippen molar-refractivity contribution in [3.05, 3.63) is 29.8 Å². The number of amides is 1. The maximum atomic E-state index is 10.7. The molecule has 0 fully saturated rings. The van der Waals surface area contributed by atoms with Gasteiger partial charge in [-0.25, -0.2) is 4.99 Å². The Hall–Kier alpha value is -2.24. The first-order valence-corrected chi connectivity index (χ1v) is 7.06. The van der Waals surface area contributed by atoms with Crippen LogP contribution in [0.1, 0.15) is 26.3 Å². The number of nitrogens with two attached hydrogens (primary N) is 1. The van der Waals surface area contributed by atoms with Crippen molar-refractivity contribution < 1.29 is 9.53 Å². The molecule has 0 unspecified atom stereocenters. The molecule has 0 saturated heterocycles. The molecule has 0 aliphatic heterocycles. The van der Waals surface area contributed by atoms with E-state index >= 15 is 0 Å². The molecule has 0 bridgehead atoms. The molecule has 6 nitrogen and oxygen atoms in total. The van der Waals surface area contributed by atoms with Crippen molar-refractivity contribution in [2.24, 2.45) is 10.7 Å². The van der Waals surface area contributed by atoms with E-state index in [2.05, 4.69) is 29.5 Å². The van der Waals surface area contributed by atoms with Gasteiger partial charge in [0.2, 0.25) is 0 Å². The fraction of sp³-hybridized carbons (Fsp3) is 0.467. The monoisotopic (exact) mass is 292 g/mol. The molecule has 116 valence electrons. The molecule has 0 radical (unpaired) electrons. The van der Waals surface area contributed by atoms with Crippen LogP contribution in [0, 0.1) is 0 Å². The van der Waals surface area contributed by atoms with Crippen LogP contribution in [0.25, 0.3) is 0 Å². The number of hydrogen-bond acceptors (Lipinski definition) is 3. The zero-order valence-corrected chi connectivity index (χ0v) is 12.8. The summed E-state index contributed by atoms with van der Waals surface area (Å²) in [7, 11) is 0. The third-order valence-corrected chi connectivity index (χ3v) is 2.47. The molecule has 0 aliphatic rings. The van der Waals surface area contributed by atoms with E-state index in [1.165, 1.54) is 0 Å². The van der Waals surface area contributed by atoms with Gasteiger partial charge in [-0.2, -0.15) is 0 Å². The third kappa shape index (κ3) is 7.20. The highest BCUT2D eigenvalue weighted by atomic mass is 16.5. The Bertz CT molecular complexity index is 486. The van der Waals surface area contributed by atoms with E-state index in [1.54, 1.807) is 6.07 Å². The first-order chi connectivity index (χ1) is 10.0. The number of guanidine groups is 1. The second kappa shape index (κ2) is 8.84. The maximum absolute atomic E-state index is 10.7. The van der Waals surface area contributed by atoms with Gasteiger partial charge in [0.1, 0.15) is 5.75 Å². The molecule has 0 aromatic heterocycles. The molecular formula is C15H24N4O2. The van der Waals surface area contributed by atoms with Crippen LogP contribution in [0.15, 0.2) is 29.3 Å². The van der Waals surface area contributed by atoms with Crippen molar-refractivity contribution in [1.29, 1.82) is 0 Å². The van der Waals surface area contributed by atoms with Crippen LogP contribution in [0.4, 0.5) is 0 Å². The van der Waals surface area contributed by atoms with Crippen molar-refractivity contribution in [2.45, 2.75) is 33.4 Å². The molecule has 4 N–H and O–H groups in total. The van der Waals surface area contributed by atoms with Gasteiger partial charge in [0.05, 0.1) is 6.54 Å². The van der Waals surface area contributed by atoms with Crippen LogP contribution in [-0.4, -0.2) is 31.1 Å². The molecule has 0 heterocycles. The third-order valence-electron chi connectivity index (χ3n) is 2.47. The maximum Gasteiger partial charge on any atom is 0.255 e. The van der Waals surface area contributed by atoms with Crippen LogP contribution < -0.4 is 21.1 Å². The molecular weight excluding hydrogens is 268 g/mol. The van der Waals surface area contributed by atoms with E-state index in [4.69, 9.17) is 10.5 Å². The van der Waals surface area contributed by atoms with E-state index in [-0.39, 0.29) is 6.61 Å². The van der Waals surface area contributed by atoms with Crippen molar-refractivity contribution in [3.63, 3.8) is 0 Å². The highest BCUT2D eigenvalue weighted by Crippen LogP contribution is 2.13. The second-order valence-corrected chi connectivity index (χ2v) is 4.90. The summed E-state index contributed by atoms with van der Waals surface area (Å²) in [5.74, 6) is 0.897. The standard InChI is InChI=1S/C15H24N4O2/c1-4-17-15(19-11(2)3)18-9-12-6-5-7-13(8-12)21-10-14(16)20/h5-8,11H,4,9-10H2,1-3H3,(H2,16,20)(H2,17,18,19). The molecule has 6 heteroatoms. The van der Waals surface area contributed by atoms with Gasteiger partial charge in [0, 0.05) is 12.6 Å². The van der Waals surface area contributed by atoms with Gasteiger partial charge in [-0.3, -0.25) is 4.79 Å². The van der Waals surface area contributed by atoms with Gasteiger partial charge in [-0.15, -0.1) is 0 Å². The minimum absolute atomic E-state index is 0.121. The molecule has 0 saturated carbocycles. The Kier molecular flexibility index (Phi) is 7.08. The number of nitrogens with one attached hydrogen (secondary N) is 2. The van der Waals surface area contributed by atoms with E-state index in [9.17, 15) is 4.79 Å². The van der Waals surface area contributed by atoms with Gasteiger partial charge < -0.3 is 21.1 Å². The Morgan fingerprint density at radius 3 is 2.81 bits per heavy atom.